The van der Waals surface area contributed by atoms with Crippen LogP contribution >= 0.6 is 0 Å². The van der Waals surface area contributed by atoms with E-state index < -0.39 is 5.97 Å². The number of H-pyrrole nitrogens is 1. The number of hydrogen-bond donors (Lipinski definition) is 2. The minimum absolute atomic E-state index is 0.286. The van der Waals surface area contributed by atoms with Gasteiger partial charge in [-0.3, -0.25) is 4.79 Å². The molecule has 0 saturated heterocycles. The first-order chi connectivity index (χ1) is 11.0. The lowest BCUT2D eigenvalue weighted by atomic mass is 10.1. The molecule has 1 amide bonds. The van der Waals surface area contributed by atoms with Crippen molar-refractivity contribution in [2.24, 2.45) is 0 Å². The van der Waals surface area contributed by atoms with Gasteiger partial charge in [0.15, 0.2) is 0 Å². The molecular weight excluding hydrogens is 296 g/mol. The summed E-state index contributed by atoms with van der Waals surface area (Å²) >= 11 is 0. The third-order valence-electron chi connectivity index (χ3n) is 3.47. The lowest BCUT2D eigenvalue weighted by Gasteiger charge is -2.07. The molecule has 0 saturated carbocycles. The van der Waals surface area contributed by atoms with Crippen molar-refractivity contribution in [3.05, 3.63) is 46.8 Å². The van der Waals surface area contributed by atoms with Crippen molar-refractivity contribution in [3.63, 3.8) is 0 Å². The number of benzene rings is 1. The summed E-state index contributed by atoms with van der Waals surface area (Å²) in [5.74, 6) is -0.108. The zero-order valence-electron chi connectivity index (χ0n) is 13.6. The Balaban J connectivity index is 2.26. The fraction of sp³-hybridized carbons (Fsp3) is 0.294. The third kappa shape index (κ3) is 3.53. The fourth-order valence-corrected chi connectivity index (χ4v) is 2.38. The normalized spacial score (nSPS) is 10.3. The van der Waals surface area contributed by atoms with Crippen molar-refractivity contribution in [2.75, 3.05) is 19.0 Å². The van der Waals surface area contributed by atoms with Gasteiger partial charge in [-0.2, -0.15) is 0 Å². The van der Waals surface area contributed by atoms with Gasteiger partial charge in [0.2, 0.25) is 0 Å². The Hall–Kier alpha value is -2.76. The molecule has 0 unspecified atom stereocenters. The molecule has 122 valence electrons. The van der Waals surface area contributed by atoms with Gasteiger partial charge in [-0.05, 0) is 38.5 Å². The first kappa shape index (κ1) is 16.6. The first-order valence-electron chi connectivity index (χ1n) is 7.29. The molecular formula is C17H20N2O4. The lowest BCUT2D eigenvalue weighted by molar-refractivity contribution is 0.0525. The van der Waals surface area contributed by atoms with Crippen molar-refractivity contribution in [1.29, 1.82) is 0 Å². The maximum atomic E-state index is 12.4. The zero-order valence-corrected chi connectivity index (χ0v) is 13.6. The van der Waals surface area contributed by atoms with Gasteiger partial charge in [0.05, 0.1) is 19.3 Å². The Morgan fingerprint density at radius 2 is 2.00 bits per heavy atom. The Morgan fingerprint density at radius 3 is 2.65 bits per heavy atom. The molecule has 1 heterocycles. The zero-order chi connectivity index (χ0) is 17.0. The van der Waals surface area contributed by atoms with E-state index in [2.05, 4.69) is 10.3 Å². The molecule has 2 aromatic rings. The molecule has 0 radical (unpaired) electrons. The summed E-state index contributed by atoms with van der Waals surface area (Å²) in [5, 5.41) is 2.78. The lowest BCUT2D eigenvalue weighted by Crippen LogP contribution is -2.14. The van der Waals surface area contributed by atoms with Crippen LogP contribution in [-0.2, 0) is 4.74 Å². The molecule has 0 spiro atoms. The SMILES string of the molecule is CCOC(=O)c1c(C)[nH]c(C(=O)Nc2cccc(OC)c2)c1C. The van der Waals surface area contributed by atoms with E-state index in [9.17, 15) is 9.59 Å². The average Bonchev–Trinajstić information content (AvgIpc) is 2.82. The van der Waals surface area contributed by atoms with Gasteiger partial charge in [0.25, 0.3) is 5.91 Å². The summed E-state index contributed by atoms with van der Waals surface area (Å²) in [6.45, 7) is 5.48. The molecule has 0 fully saturated rings. The quantitative estimate of drug-likeness (QED) is 0.831. The minimum Gasteiger partial charge on any atom is -0.497 e. The molecule has 0 aliphatic heterocycles. The summed E-state index contributed by atoms with van der Waals surface area (Å²) in [5.41, 5.74) is 2.53. The van der Waals surface area contributed by atoms with Gasteiger partial charge < -0.3 is 19.8 Å². The number of amides is 1. The second kappa shape index (κ2) is 7.00. The highest BCUT2D eigenvalue weighted by Crippen LogP contribution is 2.22. The number of carbonyl (C=O) groups is 2. The molecule has 1 aromatic carbocycles. The Bertz CT molecular complexity index is 734. The van der Waals surface area contributed by atoms with Gasteiger partial charge in [0, 0.05) is 17.4 Å². The number of methoxy groups -OCH3 is 1. The predicted molar refractivity (Wildman–Crippen MR) is 87.2 cm³/mol. The van der Waals surface area contributed by atoms with Crippen molar-refractivity contribution in [2.45, 2.75) is 20.8 Å². The molecule has 2 N–H and O–H groups in total. The van der Waals surface area contributed by atoms with Crippen LogP contribution in [0.2, 0.25) is 0 Å². The van der Waals surface area contributed by atoms with Crippen LogP contribution in [0, 0.1) is 13.8 Å². The van der Waals surface area contributed by atoms with Gasteiger partial charge >= 0.3 is 5.97 Å². The van der Waals surface area contributed by atoms with Gasteiger partial charge in [-0.1, -0.05) is 6.07 Å². The molecule has 0 aliphatic rings. The maximum absolute atomic E-state index is 12.4. The van der Waals surface area contributed by atoms with E-state index in [0.29, 0.717) is 34.0 Å². The Labute approximate surface area is 134 Å². The number of nitrogens with one attached hydrogen (secondary N) is 2. The number of hydrogen-bond acceptors (Lipinski definition) is 4. The van der Waals surface area contributed by atoms with Crippen molar-refractivity contribution in [1.82, 2.24) is 4.98 Å². The molecule has 1 aromatic heterocycles. The monoisotopic (exact) mass is 316 g/mol. The predicted octanol–water partition coefficient (Wildman–Crippen LogP) is 3.07. The van der Waals surface area contributed by atoms with E-state index in [1.165, 1.54) is 0 Å². The number of aromatic nitrogens is 1. The van der Waals surface area contributed by atoms with Crippen LogP contribution in [-0.4, -0.2) is 30.6 Å². The topological polar surface area (TPSA) is 80.4 Å². The summed E-state index contributed by atoms with van der Waals surface area (Å²) in [4.78, 5) is 27.4. The number of aryl methyl sites for hydroxylation is 1. The fourth-order valence-electron chi connectivity index (χ4n) is 2.38. The number of esters is 1. The van der Waals surface area contributed by atoms with Crippen LogP contribution in [0.3, 0.4) is 0 Å². The van der Waals surface area contributed by atoms with Crippen LogP contribution in [0.25, 0.3) is 0 Å². The summed E-state index contributed by atoms with van der Waals surface area (Å²) < 4.78 is 10.2. The first-order valence-corrected chi connectivity index (χ1v) is 7.29. The van der Waals surface area contributed by atoms with E-state index in [4.69, 9.17) is 9.47 Å². The Kier molecular flexibility index (Phi) is 5.05. The smallest absolute Gasteiger partial charge is 0.340 e. The molecule has 0 bridgehead atoms. The molecule has 6 nitrogen and oxygen atoms in total. The average molecular weight is 316 g/mol. The highest BCUT2D eigenvalue weighted by molar-refractivity contribution is 6.06. The number of rotatable bonds is 5. The standard InChI is InChI=1S/C17H20N2O4/c1-5-23-17(21)14-10(2)15(18-11(14)3)16(20)19-12-7-6-8-13(9-12)22-4/h6-9,18H,5H2,1-4H3,(H,19,20). The van der Waals surface area contributed by atoms with Gasteiger partial charge in [-0.25, -0.2) is 4.79 Å². The van der Waals surface area contributed by atoms with Crippen LogP contribution < -0.4 is 10.1 Å². The van der Waals surface area contributed by atoms with Crippen LogP contribution in [0.15, 0.2) is 24.3 Å². The third-order valence-corrected chi connectivity index (χ3v) is 3.47. The maximum Gasteiger partial charge on any atom is 0.340 e. The second-order valence-corrected chi connectivity index (χ2v) is 5.03. The minimum atomic E-state index is -0.431. The highest BCUT2D eigenvalue weighted by Gasteiger charge is 2.22. The van der Waals surface area contributed by atoms with E-state index in [0.717, 1.165) is 0 Å². The number of carbonyl (C=O) groups excluding carboxylic acids is 2. The molecule has 23 heavy (non-hydrogen) atoms. The summed E-state index contributed by atoms with van der Waals surface area (Å²) in [6, 6.07) is 7.05. The molecule has 0 atom stereocenters. The van der Waals surface area contributed by atoms with E-state index >= 15 is 0 Å². The van der Waals surface area contributed by atoms with Crippen LogP contribution in [0.5, 0.6) is 5.75 Å². The van der Waals surface area contributed by atoms with Crippen molar-refractivity contribution >= 4 is 17.6 Å². The number of aromatic amines is 1. The van der Waals surface area contributed by atoms with Crippen LogP contribution in [0.4, 0.5) is 5.69 Å². The number of anilines is 1. The van der Waals surface area contributed by atoms with Crippen molar-refractivity contribution in [3.8, 4) is 5.75 Å². The van der Waals surface area contributed by atoms with E-state index in [1.807, 2.05) is 0 Å². The molecule has 2 rings (SSSR count). The highest BCUT2D eigenvalue weighted by atomic mass is 16.5. The summed E-state index contributed by atoms with van der Waals surface area (Å²) in [6.07, 6.45) is 0. The van der Waals surface area contributed by atoms with Crippen molar-refractivity contribution < 1.29 is 19.1 Å². The van der Waals surface area contributed by atoms with Gasteiger partial charge in [0.1, 0.15) is 11.4 Å². The van der Waals surface area contributed by atoms with Crippen LogP contribution in [0.1, 0.15) is 39.0 Å². The summed E-state index contributed by atoms with van der Waals surface area (Å²) in [7, 11) is 1.56. The molecule has 0 aliphatic carbocycles. The molecule has 6 heteroatoms. The second-order valence-electron chi connectivity index (χ2n) is 5.03. The largest absolute Gasteiger partial charge is 0.497 e. The van der Waals surface area contributed by atoms with E-state index in [1.54, 1.807) is 52.1 Å². The van der Waals surface area contributed by atoms with Gasteiger partial charge in [-0.15, -0.1) is 0 Å². The van der Waals surface area contributed by atoms with E-state index in [-0.39, 0.29) is 12.5 Å². The Morgan fingerprint density at radius 1 is 1.26 bits per heavy atom. The number of ether oxygens (including phenoxy) is 2.